The van der Waals surface area contributed by atoms with Gasteiger partial charge in [0.1, 0.15) is 0 Å². The highest BCUT2D eigenvalue weighted by Gasteiger charge is 2.23. The van der Waals surface area contributed by atoms with E-state index in [4.69, 9.17) is 8.85 Å². The van der Waals surface area contributed by atoms with Crippen LogP contribution in [0.1, 0.15) is 90.9 Å². The lowest BCUT2D eigenvalue weighted by atomic mass is 10.1. The molecule has 0 N–H and O–H groups in total. The third kappa shape index (κ3) is 16.3. The van der Waals surface area contributed by atoms with Crippen LogP contribution in [0.25, 0.3) is 0 Å². The molecule has 0 unspecified atom stereocenters. The van der Waals surface area contributed by atoms with Gasteiger partial charge < -0.3 is 8.85 Å². The minimum absolute atomic E-state index is 0.889. The summed E-state index contributed by atoms with van der Waals surface area (Å²) in [5.74, 6) is 0. The van der Waals surface area contributed by atoms with Gasteiger partial charge in [0.2, 0.25) is 0 Å². The molecule has 0 aliphatic carbocycles. The van der Waals surface area contributed by atoms with Gasteiger partial charge in [0, 0.05) is 13.2 Å². The summed E-state index contributed by atoms with van der Waals surface area (Å²) < 4.78 is 12.0. The van der Waals surface area contributed by atoms with Gasteiger partial charge in [-0.25, -0.2) is 0 Å². The van der Waals surface area contributed by atoms with Gasteiger partial charge >= 0.3 is 8.56 Å². The molecule has 0 radical (unpaired) electrons. The van der Waals surface area contributed by atoms with Crippen LogP contribution in [-0.4, -0.2) is 21.8 Å². The Morgan fingerprint density at radius 3 is 1.24 bits per heavy atom. The van der Waals surface area contributed by atoms with Gasteiger partial charge in [-0.15, -0.1) is 0 Å². The molecule has 0 spiro atoms. The topological polar surface area (TPSA) is 18.5 Å². The van der Waals surface area contributed by atoms with E-state index in [9.17, 15) is 0 Å². The monoisotopic (exact) mass is 316 g/mol. The van der Waals surface area contributed by atoms with E-state index in [1.54, 1.807) is 0 Å². The van der Waals surface area contributed by atoms with Crippen molar-refractivity contribution in [2.45, 2.75) is 104 Å². The molecule has 0 aliphatic rings. The third-order valence-corrected chi connectivity index (χ3v) is 5.69. The van der Waals surface area contributed by atoms with Crippen LogP contribution in [0.15, 0.2) is 0 Å². The van der Waals surface area contributed by atoms with E-state index in [0.29, 0.717) is 0 Å². The fraction of sp³-hybridized carbons (Fsp3) is 1.00. The number of hydrogen-bond donors (Lipinski definition) is 0. The minimum Gasteiger partial charge on any atom is -0.395 e. The first-order valence-corrected chi connectivity index (χ1v) is 12.2. The number of rotatable bonds is 16. The van der Waals surface area contributed by atoms with Crippen molar-refractivity contribution in [1.29, 1.82) is 0 Å². The Balaban J connectivity index is 3.34. The molecule has 0 bridgehead atoms. The molecule has 0 aromatic heterocycles. The van der Waals surface area contributed by atoms with Crippen molar-refractivity contribution in [2.24, 2.45) is 0 Å². The van der Waals surface area contributed by atoms with Gasteiger partial charge in [-0.1, -0.05) is 78.1 Å². The second-order valence-corrected chi connectivity index (χ2v) is 10.0. The molecule has 0 amide bonds. The Hall–Kier alpha value is 0.137. The second kappa shape index (κ2) is 15.0. The normalized spacial score (nSPS) is 12.0. The van der Waals surface area contributed by atoms with Crippen LogP contribution < -0.4 is 0 Å². The van der Waals surface area contributed by atoms with E-state index in [1.807, 2.05) is 0 Å². The van der Waals surface area contributed by atoms with E-state index < -0.39 is 8.56 Å². The van der Waals surface area contributed by atoms with Gasteiger partial charge in [-0.2, -0.15) is 0 Å². The lowest BCUT2D eigenvalue weighted by molar-refractivity contribution is 0.172. The third-order valence-electron chi connectivity index (χ3n) is 3.90. The van der Waals surface area contributed by atoms with Crippen molar-refractivity contribution in [3.05, 3.63) is 0 Å². The zero-order chi connectivity index (χ0) is 15.8. The largest absolute Gasteiger partial charge is 0.395 e. The van der Waals surface area contributed by atoms with Crippen LogP contribution in [0.4, 0.5) is 0 Å². The maximum atomic E-state index is 6.00. The molecule has 3 heteroatoms. The Morgan fingerprint density at radius 1 is 0.524 bits per heavy atom. The molecule has 2 nitrogen and oxygen atoms in total. The fourth-order valence-electron chi connectivity index (χ4n) is 2.44. The summed E-state index contributed by atoms with van der Waals surface area (Å²) in [4.78, 5) is 0. The van der Waals surface area contributed by atoms with Crippen LogP contribution in [-0.2, 0) is 8.85 Å². The second-order valence-electron chi connectivity index (χ2n) is 6.63. The first-order valence-electron chi connectivity index (χ1n) is 9.40. The maximum Gasteiger partial charge on any atom is 0.331 e. The van der Waals surface area contributed by atoms with E-state index in [2.05, 4.69) is 26.9 Å². The van der Waals surface area contributed by atoms with Crippen LogP contribution in [0.3, 0.4) is 0 Å². The SMILES string of the molecule is CCCCCCCCCO[Si](C)(C)OCCCCCCC. The standard InChI is InChI=1S/C18H40O2Si/c1-5-7-9-11-12-14-16-18-20-21(3,4)19-17-15-13-10-8-6-2/h5-18H2,1-4H3. The molecule has 0 aromatic rings. The molecule has 21 heavy (non-hydrogen) atoms. The highest BCUT2D eigenvalue weighted by molar-refractivity contribution is 6.64. The lowest BCUT2D eigenvalue weighted by Crippen LogP contribution is -2.35. The van der Waals surface area contributed by atoms with Crippen molar-refractivity contribution >= 4 is 8.56 Å². The average Bonchev–Trinajstić information content (AvgIpc) is 2.45. The molecule has 0 rings (SSSR count). The molecular formula is C18H40O2Si. The Morgan fingerprint density at radius 2 is 0.857 bits per heavy atom. The molecule has 128 valence electrons. The van der Waals surface area contributed by atoms with Crippen LogP contribution in [0, 0.1) is 0 Å². The fourth-order valence-corrected chi connectivity index (χ4v) is 3.80. The predicted octanol–water partition coefficient (Wildman–Crippen LogP) is 6.44. The summed E-state index contributed by atoms with van der Waals surface area (Å²) >= 11 is 0. The highest BCUT2D eigenvalue weighted by Crippen LogP contribution is 2.12. The number of hydrogen-bond acceptors (Lipinski definition) is 2. The van der Waals surface area contributed by atoms with Gasteiger partial charge in [-0.3, -0.25) is 0 Å². The summed E-state index contributed by atoms with van der Waals surface area (Å²) in [7, 11) is -1.85. The molecule has 0 aliphatic heterocycles. The molecule has 0 saturated carbocycles. The Labute approximate surface area is 135 Å². The van der Waals surface area contributed by atoms with Gasteiger partial charge in [0.25, 0.3) is 0 Å². The summed E-state index contributed by atoms with van der Waals surface area (Å²) in [5, 5.41) is 0. The molecular weight excluding hydrogens is 276 g/mol. The molecule has 0 fully saturated rings. The van der Waals surface area contributed by atoms with E-state index >= 15 is 0 Å². The van der Waals surface area contributed by atoms with E-state index in [-0.39, 0.29) is 0 Å². The first kappa shape index (κ1) is 21.1. The lowest BCUT2D eigenvalue weighted by Gasteiger charge is -2.22. The highest BCUT2D eigenvalue weighted by atomic mass is 28.4. The Kier molecular flexibility index (Phi) is 15.1. The quantitative estimate of drug-likeness (QED) is 0.241. The minimum atomic E-state index is -1.85. The van der Waals surface area contributed by atoms with Crippen molar-refractivity contribution in [1.82, 2.24) is 0 Å². The zero-order valence-corrected chi connectivity index (χ0v) is 16.2. The van der Waals surface area contributed by atoms with Crippen LogP contribution in [0.2, 0.25) is 13.1 Å². The molecule has 0 heterocycles. The van der Waals surface area contributed by atoms with Gasteiger partial charge in [0.05, 0.1) is 0 Å². The van der Waals surface area contributed by atoms with E-state index in [0.717, 1.165) is 13.2 Å². The number of unbranched alkanes of at least 4 members (excludes halogenated alkanes) is 10. The smallest absolute Gasteiger partial charge is 0.331 e. The average molecular weight is 317 g/mol. The first-order chi connectivity index (χ1) is 10.1. The zero-order valence-electron chi connectivity index (χ0n) is 15.2. The van der Waals surface area contributed by atoms with Crippen LogP contribution in [0.5, 0.6) is 0 Å². The van der Waals surface area contributed by atoms with Gasteiger partial charge in [-0.05, 0) is 25.9 Å². The Bertz CT molecular complexity index is 207. The van der Waals surface area contributed by atoms with Crippen molar-refractivity contribution in [3.63, 3.8) is 0 Å². The summed E-state index contributed by atoms with van der Waals surface area (Å²) in [6.45, 7) is 10.7. The van der Waals surface area contributed by atoms with Crippen molar-refractivity contribution in [3.8, 4) is 0 Å². The molecule has 0 saturated heterocycles. The summed E-state index contributed by atoms with van der Waals surface area (Å²) in [6.07, 6.45) is 15.9. The van der Waals surface area contributed by atoms with Gasteiger partial charge in [0.15, 0.2) is 0 Å². The molecule has 0 aromatic carbocycles. The summed E-state index contributed by atoms with van der Waals surface area (Å²) in [6, 6.07) is 0. The predicted molar refractivity (Wildman–Crippen MR) is 96.1 cm³/mol. The maximum absolute atomic E-state index is 6.00. The van der Waals surface area contributed by atoms with Crippen molar-refractivity contribution in [2.75, 3.05) is 13.2 Å². The molecule has 0 atom stereocenters. The van der Waals surface area contributed by atoms with Crippen molar-refractivity contribution < 1.29 is 8.85 Å². The van der Waals surface area contributed by atoms with E-state index in [1.165, 1.54) is 77.0 Å². The summed E-state index contributed by atoms with van der Waals surface area (Å²) in [5.41, 5.74) is 0. The van der Waals surface area contributed by atoms with Crippen LogP contribution >= 0.6 is 0 Å².